The second kappa shape index (κ2) is 10.3. The van der Waals surface area contributed by atoms with Crippen LogP contribution in [0.4, 0.5) is 0 Å². The van der Waals surface area contributed by atoms with Gasteiger partial charge in [0.15, 0.2) is 0 Å². The Morgan fingerprint density at radius 3 is 2.29 bits per heavy atom. The predicted octanol–water partition coefficient (Wildman–Crippen LogP) is 7.26. The van der Waals surface area contributed by atoms with E-state index in [2.05, 4.69) is 52.6 Å². The summed E-state index contributed by atoms with van der Waals surface area (Å²) in [6.07, 6.45) is 10.0. The van der Waals surface area contributed by atoms with Crippen molar-refractivity contribution >= 4 is 19.6 Å². The molecule has 0 unspecified atom stereocenters. The largest absolute Gasteiger partial charge is 0.469 e. The first-order chi connectivity index (χ1) is 18.9. The van der Waals surface area contributed by atoms with Gasteiger partial charge in [0.05, 0.1) is 18.6 Å². The number of carbonyl (C=O) groups excluding carboxylic acids is 2. The summed E-state index contributed by atoms with van der Waals surface area (Å²) in [5.41, 5.74) is 0.783. The molecule has 0 bridgehead atoms. The molecule has 5 fully saturated rings. The Bertz CT molecular complexity index is 1140. The van der Waals surface area contributed by atoms with E-state index in [1.807, 2.05) is 0 Å². The molecule has 0 heterocycles. The number of phosphoric acid groups is 1. The van der Waals surface area contributed by atoms with E-state index in [1.165, 1.54) is 5.57 Å². The summed E-state index contributed by atoms with van der Waals surface area (Å²) >= 11 is 0. The molecule has 0 aromatic heterocycles. The van der Waals surface area contributed by atoms with Gasteiger partial charge in [-0.3, -0.25) is 14.1 Å². The zero-order valence-corrected chi connectivity index (χ0v) is 27.1. The van der Waals surface area contributed by atoms with Crippen LogP contribution in [0.25, 0.3) is 0 Å². The third-order valence-electron chi connectivity index (χ3n) is 14.0. The Morgan fingerprint density at radius 1 is 0.927 bits per heavy atom. The lowest BCUT2D eigenvalue weighted by Crippen LogP contribution is -2.66. The number of ketones is 1. The molecule has 7 nitrogen and oxygen atoms in total. The van der Waals surface area contributed by atoms with Gasteiger partial charge in [-0.1, -0.05) is 46.8 Å². The van der Waals surface area contributed by atoms with Gasteiger partial charge in [-0.25, -0.2) is 4.57 Å². The zero-order chi connectivity index (χ0) is 30.2. The molecule has 0 spiro atoms. The topological polar surface area (TPSA) is 110 Å². The molecular weight excluding hydrogens is 539 g/mol. The van der Waals surface area contributed by atoms with Crippen molar-refractivity contribution in [3.05, 3.63) is 12.2 Å². The standard InChI is InChI=1S/C33H53O7P/c1-21(2)22-11-16-33(28(35)39-19-8-20-40-41(36,37)38)18-17-31(6)23(27(22)33)9-10-25-30(5)14-13-26(34)29(3,4)24(30)12-15-32(25,31)7/h22-25,27H,1,8-20H2,2-7H3,(H2,36,37,38)/t22-,23+,24-,25+,27+,30-,31+,32+,33-/m0/s1. The average molecular weight is 593 g/mol. The van der Waals surface area contributed by atoms with Crippen molar-refractivity contribution in [1.29, 1.82) is 0 Å². The number of hydrogen-bond donors (Lipinski definition) is 2. The Morgan fingerprint density at radius 2 is 1.63 bits per heavy atom. The van der Waals surface area contributed by atoms with Crippen LogP contribution in [0, 0.1) is 56.7 Å². The number of carbonyl (C=O) groups is 2. The summed E-state index contributed by atoms with van der Waals surface area (Å²) < 4.78 is 21.4. The lowest BCUT2D eigenvalue weighted by molar-refractivity contribution is -0.236. The van der Waals surface area contributed by atoms with Gasteiger partial charge in [0, 0.05) is 18.3 Å². The summed E-state index contributed by atoms with van der Waals surface area (Å²) in [5.74, 6) is 2.20. The molecule has 9 atom stereocenters. The minimum atomic E-state index is -4.53. The van der Waals surface area contributed by atoms with Gasteiger partial charge in [-0.15, -0.1) is 0 Å². The normalized spacial score (nSPS) is 45.2. The summed E-state index contributed by atoms with van der Waals surface area (Å²) in [5, 5.41) is 0. The highest BCUT2D eigenvalue weighted by Gasteiger charge is 2.72. The summed E-state index contributed by atoms with van der Waals surface area (Å²) in [4.78, 5) is 44.9. The lowest BCUT2D eigenvalue weighted by Gasteiger charge is -2.72. The van der Waals surface area contributed by atoms with Crippen LogP contribution in [0.1, 0.15) is 112 Å². The van der Waals surface area contributed by atoms with Gasteiger partial charge in [-0.05, 0) is 111 Å². The van der Waals surface area contributed by atoms with Crippen molar-refractivity contribution in [2.45, 2.75) is 112 Å². The molecule has 0 saturated heterocycles. The van der Waals surface area contributed by atoms with E-state index >= 15 is 0 Å². The third kappa shape index (κ3) is 4.66. The Kier molecular flexibility index (Phi) is 7.88. The number of Topliss-reactive ketones (excluding diaryl/α,β-unsaturated/α-hetero) is 1. The maximum atomic E-state index is 13.9. The van der Waals surface area contributed by atoms with E-state index in [1.54, 1.807) is 0 Å². The summed E-state index contributed by atoms with van der Waals surface area (Å²) in [6.45, 7) is 18.5. The van der Waals surface area contributed by atoms with E-state index in [0.717, 1.165) is 57.8 Å². The molecule has 5 aliphatic carbocycles. The highest BCUT2D eigenvalue weighted by Crippen LogP contribution is 2.77. The highest BCUT2D eigenvalue weighted by atomic mass is 31.2. The third-order valence-corrected chi connectivity index (χ3v) is 14.5. The van der Waals surface area contributed by atoms with Crippen molar-refractivity contribution < 1.29 is 33.2 Å². The number of phosphoric ester groups is 1. The SMILES string of the molecule is C=C(C)[C@@H]1CC[C@]2(C(=O)OCCCOP(=O)(O)O)CC[C@]3(C)[C@H](CC[C@@H]4[C@@]5(C)CCC(=O)C(C)(C)[C@@H]5CC[C@]43C)[C@@H]12. The molecule has 5 saturated carbocycles. The smallest absolute Gasteiger partial charge is 0.465 e. The van der Waals surface area contributed by atoms with Crippen LogP contribution in [-0.4, -0.2) is 34.8 Å². The molecule has 2 N–H and O–H groups in total. The molecule has 0 aliphatic heterocycles. The van der Waals surface area contributed by atoms with Crippen molar-refractivity contribution in [2.24, 2.45) is 56.7 Å². The van der Waals surface area contributed by atoms with Crippen molar-refractivity contribution in [3.8, 4) is 0 Å². The van der Waals surface area contributed by atoms with Crippen LogP contribution in [0.5, 0.6) is 0 Å². The average Bonchev–Trinajstić information content (AvgIpc) is 3.27. The molecule has 5 rings (SSSR count). The van der Waals surface area contributed by atoms with Crippen LogP contribution in [0.2, 0.25) is 0 Å². The van der Waals surface area contributed by atoms with E-state index < -0.39 is 13.2 Å². The number of fused-ring (bicyclic) bond motifs is 7. The molecule has 0 radical (unpaired) electrons. The molecule has 0 amide bonds. The fourth-order valence-corrected chi connectivity index (χ4v) is 12.2. The van der Waals surface area contributed by atoms with E-state index in [9.17, 15) is 14.2 Å². The predicted molar refractivity (Wildman–Crippen MR) is 158 cm³/mol. The van der Waals surface area contributed by atoms with Gasteiger partial charge in [-0.2, -0.15) is 0 Å². The molecule has 41 heavy (non-hydrogen) atoms. The van der Waals surface area contributed by atoms with E-state index in [0.29, 0.717) is 35.9 Å². The van der Waals surface area contributed by atoms with Crippen LogP contribution in [0.15, 0.2) is 12.2 Å². The first-order valence-corrected chi connectivity index (χ1v) is 17.5. The molecule has 232 valence electrons. The second-order valence-electron chi connectivity index (χ2n) is 15.8. The van der Waals surface area contributed by atoms with Gasteiger partial charge in [0.1, 0.15) is 5.78 Å². The lowest BCUT2D eigenvalue weighted by atomic mass is 9.32. The Hall–Kier alpha value is -1.01. The van der Waals surface area contributed by atoms with Crippen molar-refractivity contribution in [1.82, 2.24) is 0 Å². The molecule has 5 aliphatic rings. The van der Waals surface area contributed by atoms with Crippen LogP contribution in [0.3, 0.4) is 0 Å². The maximum Gasteiger partial charge on any atom is 0.469 e. The van der Waals surface area contributed by atoms with E-state index in [-0.39, 0.29) is 53.2 Å². The minimum absolute atomic E-state index is 0.0965. The molecular formula is C33H53O7P. The second-order valence-corrected chi connectivity index (χ2v) is 17.0. The Labute approximate surface area is 246 Å². The van der Waals surface area contributed by atoms with Gasteiger partial charge in [0.2, 0.25) is 0 Å². The quantitative estimate of drug-likeness (QED) is 0.139. The fraction of sp³-hybridized carbons (Fsp3) is 0.879. The number of rotatable bonds is 7. The number of ether oxygens (including phenoxy) is 1. The van der Waals surface area contributed by atoms with Crippen LogP contribution in [-0.2, 0) is 23.4 Å². The molecule has 8 heteroatoms. The molecule has 0 aromatic rings. The Balaban J connectivity index is 1.42. The van der Waals surface area contributed by atoms with Gasteiger partial charge < -0.3 is 14.5 Å². The number of esters is 1. The number of allylic oxidation sites excluding steroid dienone is 1. The van der Waals surface area contributed by atoms with Crippen molar-refractivity contribution in [3.63, 3.8) is 0 Å². The van der Waals surface area contributed by atoms with Crippen LogP contribution < -0.4 is 0 Å². The van der Waals surface area contributed by atoms with Crippen LogP contribution >= 0.6 is 7.82 Å². The first kappa shape index (κ1) is 31.4. The number of hydrogen-bond acceptors (Lipinski definition) is 5. The van der Waals surface area contributed by atoms with Gasteiger partial charge in [0.25, 0.3) is 0 Å². The molecule has 0 aromatic carbocycles. The summed E-state index contributed by atoms with van der Waals surface area (Å²) in [6, 6.07) is 0. The monoisotopic (exact) mass is 592 g/mol. The van der Waals surface area contributed by atoms with Gasteiger partial charge >= 0.3 is 13.8 Å². The minimum Gasteiger partial charge on any atom is -0.465 e. The maximum absolute atomic E-state index is 13.9. The fourth-order valence-electron chi connectivity index (χ4n) is 11.8. The highest BCUT2D eigenvalue weighted by molar-refractivity contribution is 7.46. The van der Waals surface area contributed by atoms with E-state index in [4.69, 9.17) is 14.5 Å². The first-order valence-electron chi connectivity index (χ1n) is 16.0. The zero-order valence-electron chi connectivity index (χ0n) is 26.2. The summed E-state index contributed by atoms with van der Waals surface area (Å²) in [7, 11) is -4.53. The van der Waals surface area contributed by atoms with Crippen molar-refractivity contribution in [2.75, 3.05) is 13.2 Å².